The molecule has 1 saturated carbocycles. The number of nitrogens with zero attached hydrogens (tertiary/aromatic N) is 2. The number of aliphatic hydroxyl groups is 1. The number of anilines is 1. The predicted molar refractivity (Wildman–Crippen MR) is 126 cm³/mol. The number of nitrogens with one attached hydrogen (secondary N) is 2. The fourth-order valence-corrected chi connectivity index (χ4v) is 5.23. The lowest BCUT2D eigenvalue weighted by Gasteiger charge is -2.47. The van der Waals surface area contributed by atoms with Gasteiger partial charge < -0.3 is 15.7 Å². The first-order valence-corrected chi connectivity index (χ1v) is 12.4. The van der Waals surface area contributed by atoms with E-state index in [4.69, 9.17) is 0 Å². The van der Waals surface area contributed by atoms with Gasteiger partial charge in [-0.15, -0.1) is 0 Å². The lowest BCUT2D eigenvalue weighted by molar-refractivity contribution is -0.141. The second kappa shape index (κ2) is 10.6. The molecule has 1 amide bonds. The van der Waals surface area contributed by atoms with Crippen LogP contribution >= 0.6 is 0 Å². The van der Waals surface area contributed by atoms with Crippen LogP contribution in [-0.4, -0.2) is 58.7 Å². The van der Waals surface area contributed by atoms with Crippen molar-refractivity contribution in [2.24, 2.45) is 5.92 Å². The van der Waals surface area contributed by atoms with E-state index in [0.29, 0.717) is 37.2 Å². The van der Waals surface area contributed by atoms with Gasteiger partial charge in [-0.3, -0.25) is 9.69 Å². The molecule has 12 heteroatoms. The smallest absolute Gasteiger partial charge is 0.393 e. The number of amides is 1. The Kier molecular flexibility index (Phi) is 7.89. The van der Waals surface area contributed by atoms with E-state index in [9.17, 15) is 36.2 Å². The van der Waals surface area contributed by atoms with Gasteiger partial charge >= 0.3 is 12.4 Å². The van der Waals surface area contributed by atoms with Crippen LogP contribution in [0.1, 0.15) is 50.3 Å². The molecule has 2 aliphatic rings. The van der Waals surface area contributed by atoms with Crippen LogP contribution in [0.5, 0.6) is 0 Å². The van der Waals surface area contributed by atoms with E-state index in [1.165, 1.54) is 0 Å². The van der Waals surface area contributed by atoms with E-state index in [2.05, 4.69) is 20.5 Å². The second-order valence-electron chi connectivity index (χ2n) is 9.90. The Bertz CT molecular complexity index is 1110. The number of halogens is 6. The molecular formula is C25H30F6N4O2. The summed E-state index contributed by atoms with van der Waals surface area (Å²) in [6.07, 6.45) is -5.10. The zero-order chi connectivity index (χ0) is 27.0. The number of fused-ring (bicyclic) bond motifs is 1. The van der Waals surface area contributed by atoms with Crippen LogP contribution in [0, 0.1) is 5.92 Å². The summed E-state index contributed by atoms with van der Waals surface area (Å²) in [6, 6.07) is 3.20. The Hall–Kier alpha value is -2.60. The number of aromatic nitrogens is 1. The maximum atomic E-state index is 13.3. The zero-order valence-electron chi connectivity index (χ0n) is 20.3. The predicted octanol–water partition coefficient (Wildman–Crippen LogP) is 4.81. The van der Waals surface area contributed by atoms with Gasteiger partial charge in [0.25, 0.3) is 0 Å². The monoisotopic (exact) mass is 532 g/mol. The highest BCUT2D eigenvalue weighted by Crippen LogP contribution is 2.37. The van der Waals surface area contributed by atoms with Gasteiger partial charge in [0.05, 0.1) is 29.8 Å². The van der Waals surface area contributed by atoms with Crippen molar-refractivity contribution in [3.8, 4) is 0 Å². The van der Waals surface area contributed by atoms with Gasteiger partial charge in [0.2, 0.25) is 5.91 Å². The average molecular weight is 533 g/mol. The molecule has 2 heterocycles. The molecule has 1 unspecified atom stereocenters. The molecule has 4 rings (SSSR count). The zero-order valence-corrected chi connectivity index (χ0v) is 20.3. The number of likely N-dealkylation sites (tertiary alicyclic amines) is 1. The van der Waals surface area contributed by atoms with Gasteiger partial charge in [-0.05, 0) is 62.3 Å². The number of hydrogen-bond acceptors (Lipinski definition) is 5. The van der Waals surface area contributed by atoms with E-state index in [-0.39, 0.29) is 28.7 Å². The highest BCUT2D eigenvalue weighted by Gasteiger charge is 2.37. The van der Waals surface area contributed by atoms with Crippen LogP contribution in [0.3, 0.4) is 0 Å². The molecule has 1 aromatic carbocycles. The third kappa shape index (κ3) is 6.46. The number of benzene rings is 1. The maximum Gasteiger partial charge on any atom is 0.433 e. The van der Waals surface area contributed by atoms with Gasteiger partial charge in [0, 0.05) is 30.2 Å². The van der Waals surface area contributed by atoms with Crippen molar-refractivity contribution in [3.05, 3.63) is 35.5 Å². The highest BCUT2D eigenvalue weighted by molar-refractivity contribution is 5.94. The molecule has 1 aliphatic heterocycles. The summed E-state index contributed by atoms with van der Waals surface area (Å²) in [4.78, 5) is 18.2. The lowest BCUT2D eigenvalue weighted by atomic mass is 9.80. The molecule has 37 heavy (non-hydrogen) atoms. The minimum absolute atomic E-state index is 0.106. The van der Waals surface area contributed by atoms with Gasteiger partial charge in [0.1, 0.15) is 5.69 Å². The standard InChI is InChI=1S/C25H30F6N4O2/c1-2-21(36)14-3-6-17(7-4-14)35-12-16(13-35)33-23(37)11-32-20-10-22(25(29,30)31)34-19-8-5-15(9-18(19)20)24(26,27)28/h5,8-10,14,16-17,21,36H,2-4,6-7,11-13H2,1H3,(H,32,34)(H,33,37). The van der Waals surface area contributed by atoms with E-state index < -0.39 is 36.1 Å². The van der Waals surface area contributed by atoms with E-state index in [0.717, 1.165) is 44.2 Å². The fourth-order valence-electron chi connectivity index (χ4n) is 5.23. The third-order valence-corrected chi connectivity index (χ3v) is 7.36. The number of hydrogen-bond donors (Lipinski definition) is 3. The van der Waals surface area contributed by atoms with E-state index in [1.54, 1.807) is 0 Å². The highest BCUT2D eigenvalue weighted by atomic mass is 19.4. The first-order chi connectivity index (χ1) is 17.3. The summed E-state index contributed by atoms with van der Waals surface area (Å²) in [5, 5.41) is 15.3. The second-order valence-corrected chi connectivity index (χ2v) is 9.90. The molecule has 0 bridgehead atoms. The van der Waals surface area contributed by atoms with E-state index >= 15 is 0 Å². The largest absolute Gasteiger partial charge is 0.433 e. The van der Waals surface area contributed by atoms with Crippen molar-refractivity contribution in [1.29, 1.82) is 0 Å². The van der Waals surface area contributed by atoms with Gasteiger partial charge in [-0.1, -0.05) is 6.92 Å². The van der Waals surface area contributed by atoms with Crippen LogP contribution in [0.15, 0.2) is 24.3 Å². The van der Waals surface area contributed by atoms with Crippen molar-refractivity contribution in [3.63, 3.8) is 0 Å². The quantitative estimate of drug-likeness (QED) is 0.446. The molecule has 2 aromatic rings. The number of carbonyl (C=O) groups is 1. The average Bonchev–Trinajstić information content (AvgIpc) is 2.82. The normalized spacial score (nSPS) is 22.5. The van der Waals surface area contributed by atoms with Crippen LogP contribution < -0.4 is 10.6 Å². The fraction of sp³-hybridized carbons (Fsp3) is 0.600. The third-order valence-electron chi connectivity index (χ3n) is 7.36. The number of carbonyl (C=O) groups excluding carboxylic acids is 1. The summed E-state index contributed by atoms with van der Waals surface area (Å²) < 4.78 is 79.3. The Labute approximate surface area is 210 Å². The maximum absolute atomic E-state index is 13.3. The molecule has 1 aliphatic carbocycles. The van der Waals surface area contributed by atoms with E-state index in [1.807, 2.05) is 6.92 Å². The Morgan fingerprint density at radius 3 is 2.35 bits per heavy atom. The molecule has 1 saturated heterocycles. The Balaban J connectivity index is 1.35. The number of pyridine rings is 1. The van der Waals surface area contributed by atoms with Crippen LogP contribution in [0.2, 0.25) is 0 Å². The number of alkyl halides is 6. The molecular weight excluding hydrogens is 502 g/mol. The Morgan fingerprint density at radius 1 is 1.08 bits per heavy atom. The summed E-state index contributed by atoms with van der Waals surface area (Å²) in [5.41, 5.74) is -2.80. The van der Waals surface area contributed by atoms with Gasteiger partial charge in [0.15, 0.2) is 0 Å². The lowest BCUT2D eigenvalue weighted by Crippen LogP contribution is -2.63. The first-order valence-electron chi connectivity index (χ1n) is 12.4. The molecule has 2 fully saturated rings. The van der Waals surface area contributed by atoms with Crippen LogP contribution in [-0.2, 0) is 17.1 Å². The molecule has 0 radical (unpaired) electrons. The SMILES string of the molecule is CCC(O)C1CCC(N2CC(NC(=O)CNc3cc(C(F)(F)F)nc4ccc(C(F)(F)F)cc34)C2)CC1. The van der Waals surface area contributed by atoms with Gasteiger partial charge in [-0.2, -0.15) is 26.3 Å². The summed E-state index contributed by atoms with van der Waals surface area (Å²) >= 11 is 0. The number of aliphatic hydroxyl groups excluding tert-OH is 1. The van der Waals surface area contributed by atoms with Crippen molar-refractivity contribution in [2.75, 3.05) is 25.0 Å². The van der Waals surface area contributed by atoms with Crippen LogP contribution in [0.25, 0.3) is 10.9 Å². The van der Waals surface area contributed by atoms with Crippen LogP contribution in [0.4, 0.5) is 32.0 Å². The summed E-state index contributed by atoms with van der Waals surface area (Å²) in [5.74, 6) is -0.136. The van der Waals surface area contributed by atoms with Crippen molar-refractivity contribution in [1.82, 2.24) is 15.2 Å². The topological polar surface area (TPSA) is 77.5 Å². The van der Waals surface area contributed by atoms with Crippen molar-refractivity contribution in [2.45, 2.75) is 69.6 Å². The first kappa shape index (κ1) is 27.4. The summed E-state index contributed by atoms with van der Waals surface area (Å²) in [7, 11) is 0. The van der Waals surface area contributed by atoms with Gasteiger partial charge in [-0.25, -0.2) is 4.98 Å². The minimum atomic E-state index is -4.81. The van der Waals surface area contributed by atoms with Crippen molar-refractivity contribution >= 4 is 22.5 Å². The molecule has 1 atom stereocenters. The minimum Gasteiger partial charge on any atom is -0.393 e. The Morgan fingerprint density at radius 2 is 1.76 bits per heavy atom. The molecule has 1 aromatic heterocycles. The molecule has 3 N–H and O–H groups in total. The van der Waals surface area contributed by atoms with Crippen molar-refractivity contribution < 1.29 is 36.2 Å². The summed E-state index contributed by atoms with van der Waals surface area (Å²) in [6.45, 7) is 2.88. The molecule has 0 spiro atoms. The molecule has 6 nitrogen and oxygen atoms in total. The number of rotatable bonds is 7. The molecule has 204 valence electrons.